The van der Waals surface area contributed by atoms with Gasteiger partial charge in [-0.05, 0) is 25.1 Å². The van der Waals surface area contributed by atoms with Crippen LogP contribution in [0.15, 0.2) is 30.4 Å². The Balaban J connectivity index is 2.94. The minimum atomic E-state index is -1.03. The number of allylic oxidation sites excluding steroid dienone is 1. The summed E-state index contributed by atoms with van der Waals surface area (Å²) in [5.74, 6) is -0.198. The number of aromatic carboxylic acids is 1. The number of rotatable bonds is 5. The van der Waals surface area contributed by atoms with Gasteiger partial charge in [0.25, 0.3) is 0 Å². The van der Waals surface area contributed by atoms with Crippen molar-refractivity contribution >= 4 is 5.97 Å². The third-order valence-corrected chi connectivity index (χ3v) is 1.99. The highest BCUT2D eigenvalue weighted by Gasteiger charge is 2.12. The fourth-order valence-electron chi connectivity index (χ4n) is 1.16. The van der Waals surface area contributed by atoms with E-state index in [2.05, 4.69) is 0 Å². The van der Waals surface area contributed by atoms with Crippen LogP contribution in [0.3, 0.4) is 0 Å². The Morgan fingerprint density at radius 2 is 2.25 bits per heavy atom. The molecule has 0 unspecified atom stereocenters. The first-order chi connectivity index (χ1) is 7.69. The van der Waals surface area contributed by atoms with Gasteiger partial charge in [0.1, 0.15) is 23.7 Å². The van der Waals surface area contributed by atoms with Gasteiger partial charge in [-0.15, -0.1) is 0 Å². The Kier molecular flexibility index (Phi) is 4.39. The van der Waals surface area contributed by atoms with Crippen LogP contribution in [0.25, 0.3) is 0 Å². The zero-order valence-corrected chi connectivity index (χ0v) is 9.27. The summed E-state index contributed by atoms with van der Waals surface area (Å²) in [5, 5.41) is 8.99. The van der Waals surface area contributed by atoms with Gasteiger partial charge in [0, 0.05) is 0 Å². The predicted octanol–water partition coefficient (Wildman–Crippen LogP) is 2.35. The van der Waals surface area contributed by atoms with E-state index in [1.54, 1.807) is 18.2 Å². The van der Waals surface area contributed by atoms with Gasteiger partial charge in [0.05, 0.1) is 7.11 Å². The van der Waals surface area contributed by atoms with Crippen LogP contribution < -0.4 is 9.47 Å². The average Bonchev–Trinajstić information content (AvgIpc) is 2.29. The molecular formula is C12H14O4. The number of ether oxygens (including phenoxy) is 2. The van der Waals surface area contributed by atoms with Crippen LogP contribution in [0, 0.1) is 0 Å². The Hall–Kier alpha value is -1.97. The minimum absolute atomic E-state index is 0.101. The van der Waals surface area contributed by atoms with Crippen LogP contribution in [0.5, 0.6) is 11.5 Å². The van der Waals surface area contributed by atoms with Crippen molar-refractivity contribution < 1.29 is 19.4 Å². The first-order valence-electron chi connectivity index (χ1n) is 4.84. The molecule has 0 aromatic heterocycles. The molecule has 4 nitrogen and oxygen atoms in total. The highest BCUT2D eigenvalue weighted by atomic mass is 16.5. The number of carboxylic acids is 1. The SMILES string of the molecule is CC=CCOc1ccc(OC)cc1C(=O)O. The molecule has 0 bridgehead atoms. The van der Waals surface area contributed by atoms with E-state index in [1.165, 1.54) is 13.2 Å². The monoisotopic (exact) mass is 222 g/mol. The second-order valence-electron chi connectivity index (χ2n) is 3.05. The van der Waals surface area contributed by atoms with E-state index in [0.29, 0.717) is 18.1 Å². The highest BCUT2D eigenvalue weighted by Crippen LogP contribution is 2.24. The van der Waals surface area contributed by atoms with E-state index < -0.39 is 5.97 Å². The van der Waals surface area contributed by atoms with Crippen molar-refractivity contribution in [3.63, 3.8) is 0 Å². The van der Waals surface area contributed by atoms with Crippen LogP contribution in [-0.2, 0) is 0 Å². The number of carboxylic acid groups (broad SMARTS) is 1. The maximum Gasteiger partial charge on any atom is 0.339 e. The zero-order valence-electron chi connectivity index (χ0n) is 9.27. The fraction of sp³-hybridized carbons (Fsp3) is 0.250. The summed E-state index contributed by atoms with van der Waals surface area (Å²) in [6.45, 7) is 2.22. The van der Waals surface area contributed by atoms with Crippen LogP contribution >= 0.6 is 0 Å². The van der Waals surface area contributed by atoms with E-state index >= 15 is 0 Å². The topological polar surface area (TPSA) is 55.8 Å². The van der Waals surface area contributed by atoms with Gasteiger partial charge in [-0.3, -0.25) is 0 Å². The van der Waals surface area contributed by atoms with Crippen molar-refractivity contribution in [3.8, 4) is 11.5 Å². The maximum atomic E-state index is 11.0. The maximum absolute atomic E-state index is 11.0. The smallest absolute Gasteiger partial charge is 0.339 e. The lowest BCUT2D eigenvalue weighted by Gasteiger charge is -2.08. The molecule has 16 heavy (non-hydrogen) atoms. The van der Waals surface area contributed by atoms with E-state index in [1.807, 2.05) is 13.0 Å². The van der Waals surface area contributed by atoms with Crippen LogP contribution in [0.2, 0.25) is 0 Å². The van der Waals surface area contributed by atoms with Gasteiger partial charge in [-0.25, -0.2) is 4.79 Å². The number of benzene rings is 1. The van der Waals surface area contributed by atoms with Crippen molar-refractivity contribution in [3.05, 3.63) is 35.9 Å². The summed E-state index contributed by atoms with van der Waals surface area (Å²) < 4.78 is 10.3. The molecule has 0 radical (unpaired) electrons. The molecule has 1 N–H and O–H groups in total. The van der Waals surface area contributed by atoms with E-state index in [9.17, 15) is 4.79 Å². The predicted molar refractivity (Wildman–Crippen MR) is 60.3 cm³/mol. The van der Waals surface area contributed by atoms with E-state index in [-0.39, 0.29) is 5.56 Å². The number of hydrogen-bond acceptors (Lipinski definition) is 3. The molecule has 0 heterocycles. The first kappa shape index (κ1) is 12.1. The Bertz CT molecular complexity index is 396. The van der Waals surface area contributed by atoms with Crippen molar-refractivity contribution in [2.75, 3.05) is 13.7 Å². The van der Waals surface area contributed by atoms with Crippen molar-refractivity contribution in [2.45, 2.75) is 6.92 Å². The minimum Gasteiger partial charge on any atom is -0.497 e. The first-order valence-corrected chi connectivity index (χ1v) is 4.84. The molecule has 0 saturated heterocycles. The standard InChI is InChI=1S/C12H14O4/c1-3-4-7-16-11-6-5-9(15-2)8-10(11)12(13)14/h3-6,8H,7H2,1-2H3,(H,13,14). The molecule has 86 valence electrons. The van der Waals surface area contributed by atoms with Gasteiger partial charge >= 0.3 is 5.97 Å². The van der Waals surface area contributed by atoms with Gasteiger partial charge in [-0.1, -0.05) is 12.2 Å². The molecule has 0 atom stereocenters. The lowest BCUT2D eigenvalue weighted by atomic mass is 10.2. The van der Waals surface area contributed by atoms with E-state index in [4.69, 9.17) is 14.6 Å². The van der Waals surface area contributed by atoms with Crippen molar-refractivity contribution in [1.82, 2.24) is 0 Å². The van der Waals surface area contributed by atoms with Crippen LogP contribution in [0.1, 0.15) is 17.3 Å². The third kappa shape index (κ3) is 3.02. The quantitative estimate of drug-likeness (QED) is 0.777. The molecule has 0 aliphatic carbocycles. The molecule has 0 amide bonds. The second kappa shape index (κ2) is 5.80. The fourth-order valence-corrected chi connectivity index (χ4v) is 1.16. The van der Waals surface area contributed by atoms with Crippen LogP contribution in [-0.4, -0.2) is 24.8 Å². The summed E-state index contributed by atoms with van der Waals surface area (Å²) in [6, 6.07) is 4.69. The normalized spacial score (nSPS) is 10.4. The second-order valence-corrected chi connectivity index (χ2v) is 3.05. The number of hydrogen-bond donors (Lipinski definition) is 1. The Labute approximate surface area is 94.1 Å². The molecule has 0 fully saturated rings. The summed E-state index contributed by atoms with van der Waals surface area (Å²) in [6.07, 6.45) is 3.64. The van der Waals surface area contributed by atoms with Crippen LogP contribution in [0.4, 0.5) is 0 Å². The average molecular weight is 222 g/mol. The molecule has 0 aliphatic heterocycles. The Morgan fingerprint density at radius 3 is 2.81 bits per heavy atom. The molecule has 1 aromatic rings. The summed E-state index contributed by atoms with van der Waals surface area (Å²) in [4.78, 5) is 11.0. The largest absolute Gasteiger partial charge is 0.497 e. The Morgan fingerprint density at radius 1 is 1.50 bits per heavy atom. The van der Waals surface area contributed by atoms with Gasteiger partial charge in [0.15, 0.2) is 0 Å². The summed E-state index contributed by atoms with van der Waals surface area (Å²) in [7, 11) is 1.49. The molecular weight excluding hydrogens is 208 g/mol. The van der Waals surface area contributed by atoms with Gasteiger partial charge in [0.2, 0.25) is 0 Å². The lowest BCUT2D eigenvalue weighted by molar-refractivity contribution is 0.0692. The molecule has 4 heteroatoms. The van der Waals surface area contributed by atoms with Crippen molar-refractivity contribution in [2.24, 2.45) is 0 Å². The molecule has 1 aromatic carbocycles. The zero-order chi connectivity index (χ0) is 12.0. The van der Waals surface area contributed by atoms with Gasteiger partial charge < -0.3 is 14.6 Å². The van der Waals surface area contributed by atoms with Crippen molar-refractivity contribution in [1.29, 1.82) is 0 Å². The summed E-state index contributed by atoms with van der Waals surface area (Å²) in [5.41, 5.74) is 0.101. The highest BCUT2D eigenvalue weighted by molar-refractivity contribution is 5.91. The molecule has 1 rings (SSSR count). The van der Waals surface area contributed by atoms with E-state index in [0.717, 1.165) is 0 Å². The lowest BCUT2D eigenvalue weighted by Crippen LogP contribution is -2.03. The summed E-state index contributed by atoms with van der Waals surface area (Å²) >= 11 is 0. The number of methoxy groups -OCH3 is 1. The molecule has 0 spiro atoms. The third-order valence-electron chi connectivity index (χ3n) is 1.99. The molecule has 0 saturated carbocycles. The molecule has 0 aliphatic rings. The number of carbonyl (C=O) groups is 1. The van der Waals surface area contributed by atoms with Gasteiger partial charge in [-0.2, -0.15) is 0 Å².